The molecule has 14 heavy (non-hydrogen) atoms. The maximum atomic E-state index is 10.9. The van der Waals surface area contributed by atoms with E-state index in [2.05, 4.69) is 33.0 Å². The Morgan fingerprint density at radius 2 is 1.50 bits per heavy atom. The number of nitrogens with two attached hydrogens (primary N) is 1. The molecule has 0 spiro atoms. The highest BCUT2D eigenvalue weighted by atomic mass is 16.2. The van der Waals surface area contributed by atoms with Crippen LogP contribution in [-0.2, 0) is 0 Å². The van der Waals surface area contributed by atoms with Crippen LogP contribution in [0.15, 0.2) is 0 Å². The predicted octanol–water partition coefficient (Wildman–Crippen LogP) is 2.36. The molecule has 3 heteroatoms. The van der Waals surface area contributed by atoms with Gasteiger partial charge in [-0.05, 0) is 31.6 Å². The second kappa shape index (κ2) is 4.67. The molecule has 0 saturated carbocycles. The normalized spacial score (nSPS) is 12.6. The zero-order chi connectivity index (χ0) is 11.5. The van der Waals surface area contributed by atoms with E-state index in [4.69, 9.17) is 5.73 Å². The van der Waals surface area contributed by atoms with E-state index in [-0.39, 0.29) is 5.54 Å². The molecule has 0 aromatic heterocycles. The molecule has 0 unspecified atom stereocenters. The van der Waals surface area contributed by atoms with E-state index < -0.39 is 6.03 Å². The van der Waals surface area contributed by atoms with E-state index in [1.54, 1.807) is 0 Å². The van der Waals surface area contributed by atoms with Crippen molar-refractivity contribution >= 4 is 6.03 Å². The molecular weight excluding hydrogens is 176 g/mol. The molecule has 0 aromatic rings. The lowest BCUT2D eigenvalue weighted by molar-refractivity contribution is 0.147. The predicted molar refractivity (Wildman–Crippen MR) is 60.0 cm³/mol. The Bertz CT molecular complexity index is 189. The Balaban J connectivity index is 4.71. The smallest absolute Gasteiger partial charge is 0.312 e. The summed E-state index contributed by atoms with van der Waals surface area (Å²) in [5, 5.41) is 2.82. The molecule has 0 saturated heterocycles. The van der Waals surface area contributed by atoms with E-state index in [0.717, 1.165) is 0 Å². The number of nitrogens with one attached hydrogen (secondary N) is 1. The summed E-state index contributed by atoms with van der Waals surface area (Å²) in [7, 11) is 0. The highest BCUT2D eigenvalue weighted by molar-refractivity contribution is 5.72. The summed E-state index contributed by atoms with van der Waals surface area (Å²) in [5.41, 5.74) is 4.92. The standard InChI is InChI=1S/C11H24N2O/c1-7(2)9(8(3)4)11(5,6)13-10(12)14/h7-9H,1-6H3,(H3,12,13,14). The lowest BCUT2D eigenvalue weighted by Gasteiger charge is -2.40. The van der Waals surface area contributed by atoms with Crippen molar-refractivity contribution in [2.75, 3.05) is 0 Å². The van der Waals surface area contributed by atoms with E-state index >= 15 is 0 Å². The first-order chi connectivity index (χ1) is 6.18. The molecular formula is C11H24N2O. The van der Waals surface area contributed by atoms with Crippen LogP contribution in [0.5, 0.6) is 0 Å². The van der Waals surface area contributed by atoms with Crippen molar-refractivity contribution in [3.05, 3.63) is 0 Å². The lowest BCUT2D eigenvalue weighted by Crippen LogP contribution is -2.54. The Labute approximate surface area is 87.4 Å². The third-order valence-corrected chi connectivity index (χ3v) is 2.72. The van der Waals surface area contributed by atoms with Gasteiger partial charge in [-0.1, -0.05) is 27.7 Å². The van der Waals surface area contributed by atoms with Crippen LogP contribution < -0.4 is 11.1 Å². The molecule has 0 rings (SSSR count). The van der Waals surface area contributed by atoms with Crippen molar-refractivity contribution < 1.29 is 4.79 Å². The van der Waals surface area contributed by atoms with Crippen LogP contribution in [0.25, 0.3) is 0 Å². The fraction of sp³-hybridized carbons (Fsp3) is 0.909. The second-order valence-electron chi connectivity index (χ2n) is 5.22. The van der Waals surface area contributed by atoms with E-state index in [1.165, 1.54) is 0 Å². The minimum atomic E-state index is -0.443. The molecule has 0 aromatic carbocycles. The van der Waals surface area contributed by atoms with Gasteiger partial charge in [-0.3, -0.25) is 0 Å². The number of carbonyl (C=O) groups excluding carboxylic acids is 1. The summed E-state index contributed by atoms with van der Waals surface area (Å²) in [5.74, 6) is 1.48. The largest absolute Gasteiger partial charge is 0.352 e. The zero-order valence-corrected chi connectivity index (χ0v) is 10.2. The van der Waals surface area contributed by atoms with Crippen LogP contribution in [0, 0.1) is 17.8 Å². The summed E-state index contributed by atoms with van der Waals surface area (Å²) < 4.78 is 0. The maximum Gasteiger partial charge on any atom is 0.312 e. The number of hydrogen-bond acceptors (Lipinski definition) is 1. The minimum absolute atomic E-state index is 0.242. The first-order valence-electron chi connectivity index (χ1n) is 5.26. The highest BCUT2D eigenvalue weighted by Crippen LogP contribution is 2.31. The first kappa shape index (κ1) is 13.3. The Morgan fingerprint density at radius 3 is 1.71 bits per heavy atom. The van der Waals surface area contributed by atoms with Gasteiger partial charge in [0.1, 0.15) is 0 Å². The molecule has 0 radical (unpaired) electrons. The van der Waals surface area contributed by atoms with Crippen LogP contribution in [0.1, 0.15) is 41.5 Å². The maximum absolute atomic E-state index is 10.9. The summed E-state index contributed by atoms with van der Waals surface area (Å²) in [6.07, 6.45) is 0. The molecule has 0 heterocycles. The molecule has 0 aliphatic carbocycles. The average molecular weight is 200 g/mol. The van der Waals surface area contributed by atoms with Gasteiger partial charge in [0.2, 0.25) is 0 Å². The van der Waals surface area contributed by atoms with Crippen molar-refractivity contribution in [1.82, 2.24) is 5.32 Å². The summed E-state index contributed by atoms with van der Waals surface area (Å²) in [6, 6.07) is -0.443. The van der Waals surface area contributed by atoms with Crippen LogP contribution in [0.3, 0.4) is 0 Å². The molecule has 0 aliphatic rings. The molecule has 84 valence electrons. The number of amides is 2. The lowest BCUT2D eigenvalue weighted by atomic mass is 9.73. The summed E-state index contributed by atoms with van der Waals surface area (Å²) in [6.45, 7) is 12.8. The first-order valence-corrected chi connectivity index (χ1v) is 5.26. The van der Waals surface area contributed by atoms with Gasteiger partial charge in [0.15, 0.2) is 0 Å². The Hall–Kier alpha value is -0.730. The van der Waals surface area contributed by atoms with Crippen molar-refractivity contribution in [1.29, 1.82) is 0 Å². The monoisotopic (exact) mass is 200 g/mol. The fourth-order valence-electron chi connectivity index (χ4n) is 2.84. The number of rotatable bonds is 4. The molecule has 3 nitrogen and oxygen atoms in total. The molecule has 0 bridgehead atoms. The third-order valence-electron chi connectivity index (χ3n) is 2.72. The summed E-state index contributed by atoms with van der Waals surface area (Å²) in [4.78, 5) is 10.9. The number of urea groups is 1. The second-order valence-corrected chi connectivity index (χ2v) is 5.22. The number of carbonyl (C=O) groups is 1. The fourth-order valence-corrected chi connectivity index (χ4v) is 2.84. The molecule has 0 fully saturated rings. The van der Waals surface area contributed by atoms with Crippen LogP contribution in [-0.4, -0.2) is 11.6 Å². The number of primary amides is 1. The molecule has 3 N–H and O–H groups in total. The van der Waals surface area contributed by atoms with Gasteiger partial charge >= 0.3 is 6.03 Å². The quantitative estimate of drug-likeness (QED) is 0.719. The minimum Gasteiger partial charge on any atom is -0.352 e. The number of hydrogen-bond donors (Lipinski definition) is 2. The van der Waals surface area contributed by atoms with Gasteiger partial charge in [0.25, 0.3) is 0 Å². The van der Waals surface area contributed by atoms with Crippen LogP contribution in [0.2, 0.25) is 0 Å². The van der Waals surface area contributed by atoms with Crippen molar-refractivity contribution in [2.24, 2.45) is 23.5 Å². The van der Waals surface area contributed by atoms with Gasteiger partial charge in [0.05, 0.1) is 0 Å². The molecule has 0 aliphatic heterocycles. The van der Waals surface area contributed by atoms with Gasteiger partial charge < -0.3 is 11.1 Å². The topological polar surface area (TPSA) is 55.1 Å². The molecule has 0 atom stereocenters. The van der Waals surface area contributed by atoms with Crippen molar-refractivity contribution in [3.63, 3.8) is 0 Å². The zero-order valence-electron chi connectivity index (χ0n) is 10.2. The van der Waals surface area contributed by atoms with E-state index in [1.807, 2.05) is 13.8 Å². The van der Waals surface area contributed by atoms with Crippen LogP contribution >= 0.6 is 0 Å². The van der Waals surface area contributed by atoms with Crippen molar-refractivity contribution in [2.45, 2.75) is 47.1 Å². The van der Waals surface area contributed by atoms with Gasteiger partial charge in [-0.15, -0.1) is 0 Å². The van der Waals surface area contributed by atoms with Crippen molar-refractivity contribution in [3.8, 4) is 0 Å². The SMILES string of the molecule is CC(C)C(C(C)C)C(C)(C)NC(N)=O. The van der Waals surface area contributed by atoms with E-state index in [9.17, 15) is 4.79 Å². The Kier molecular flexibility index (Phi) is 4.43. The third kappa shape index (κ3) is 3.56. The van der Waals surface area contributed by atoms with Gasteiger partial charge in [-0.2, -0.15) is 0 Å². The van der Waals surface area contributed by atoms with E-state index in [0.29, 0.717) is 17.8 Å². The summed E-state index contributed by atoms with van der Waals surface area (Å²) >= 11 is 0. The van der Waals surface area contributed by atoms with Gasteiger partial charge in [-0.25, -0.2) is 4.79 Å². The Morgan fingerprint density at radius 1 is 1.14 bits per heavy atom. The van der Waals surface area contributed by atoms with Gasteiger partial charge in [0, 0.05) is 5.54 Å². The average Bonchev–Trinajstić information content (AvgIpc) is 1.77. The van der Waals surface area contributed by atoms with Crippen LogP contribution in [0.4, 0.5) is 4.79 Å². The molecule has 2 amide bonds. The highest BCUT2D eigenvalue weighted by Gasteiger charge is 2.34.